The van der Waals surface area contributed by atoms with Crippen molar-refractivity contribution in [3.05, 3.63) is 48.0 Å². The molecule has 0 amide bonds. The number of halogens is 3. The third-order valence-electron chi connectivity index (χ3n) is 3.72. The van der Waals surface area contributed by atoms with Crippen molar-refractivity contribution in [3.63, 3.8) is 0 Å². The summed E-state index contributed by atoms with van der Waals surface area (Å²) in [6, 6.07) is 11.1. The van der Waals surface area contributed by atoms with Crippen molar-refractivity contribution in [2.45, 2.75) is 19.2 Å². The molecule has 0 N–H and O–H groups in total. The van der Waals surface area contributed by atoms with Crippen LogP contribution in [0.3, 0.4) is 0 Å². The molecular weight excluding hydrogens is 321 g/mol. The van der Waals surface area contributed by atoms with Crippen LogP contribution >= 0.6 is 0 Å². The van der Waals surface area contributed by atoms with Crippen molar-refractivity contribution in [1.29, 1.82) is 0 Å². The quantitative estimate of drug-likeness (QED) is 0.707. The molecule has 0 bridgehead atoms. The Morgan fingerprint density at radius 2 is 1.67 bits per heavy atom. The van der Waals surface area contributed by atoms with Crippen LogP contribution in [0.5, 0.6) is 11.5 Å². The number of ether oxygens (including phenoxy) is 2. The summed E-state index contributed by atoms with van der Waals surface area (Å²) in [5.41, 5.74) is 1.99. The highest BCUT2D eigenvalue weighted by atomic mass is 19.4. The molecule has 3 rings (SSSR count). The SMILES string of the molecule is O=Cc1ccc(-c2ccc(OC(F)(F)F)c(OCC3CC3)c2)cc1. The Morgan fingerprint density at radius 3 is 2.25 bits per heavy atom. The Hall–Kier alpha value is -2.50. The van der Waals surface area contributed by atoms with Crippen molar-refractivity contribution >= 4 is 6.29 Å². The molecule has 0 atom stereocenters. The van der Waals surface area contributed by atoms with Crippen LogP contribution in [0.4, 0.5) is 13.2 Å². The zero-order valence-electron chi connectivity index (χ0n) is 12.7. The second-order valence-electron chi connectivity index (χ2n) is 5.70. The molecule has 0 radical (unpaired) electrons. The molecule has 0 spiro atoms. The topological polar surface area (TPSA) is 35.5 Å². The molecule has 1 aliphatic rings. The van der Waals surface area contributed by atoms with Crippen LogP contribution in [0.15, 0.2) is 42.5 Å². The lowest BCUT2D eigenvalue weighted by molar-refractivity contribution is -0.275. The van der Waals surface area contributed by atoms with Crippen molar-refractivity contribution in [2.24, 2.45) is 5.92 Å². The van der Waals surface area contributed by atoms with Crippen LogP contribution in [0.2, 0.25) is 0 Å². The van der Waals surface area contributed by atoms with Gasteiger partial charge in [0.2, 0.25) is 0 Å². The highest BCUT2D eigenvalue weighted by molar-refractivity contribution is 5.77. The van der Waals surface area contributed by atoms with Crippen molar-refractivity contribution in [3.8, 4) is 22.6 Å². The first-order valence-corrected chi connectivity index (χ1v) is 7.53. The van der Waals surface area contributed by atoms with Crippen LogP contribution < -0.4 is 9.47 Å². The molecule has 24 heavy (non-hydrogen) atoms. The van der Waals surface area contributed by atoms with Gasteiger partial charge in [0.25, 0.3) is 0 Å². The lowest BCUT2D eigenvalue weighted by Crippen LogP contribution is -2.18. The van der Waals surface area contributed by atoms with E-state index < -0.39 is 6.36 Å². The average molecular weight is 336 g/mol. The van der Waals surface area contributed by atoms with Gasteiger partial charge in [-0.25, -0.2) is 0 Å². The fraction of sp³-hybridized carbons (Fsp3) is 0.278. The predicted molar refractivity (Wildman–Crippen MR) is 82.2 cm³/mol. The summed E-state index contributed by atoms with van der Waals surface area (Å²) in [4.78, 5) is 10.7. The van der Waals surface area contributed by atoms with Gasteiger partial charge in [-0.3, -0.25) is 4.79 Å². The minimum atomic E-state index is -4.77. The summed E-state index contributed by atoms with van der Waals surface area (Å²) in [6.45, 7) is 0.377. The zero-order valence-corrected chi connectivity index (χ0v) is 12.7. The van der Waals surface area contributed by atoms with Gasteiger partial charge < -0.3 is 9.47 Å². The summed E-state index contributed by atoms with van der Waals surface area (Å²) < 4.78 is 47.2. The van der Waals surface area contributed by atoms with Gasteiger partial charge >= 0.3 is 6.36 Å². The summed E-state index contributed by atoms with van der Waals surface area (Å²) >= 11 is 0. The number of hydrogen-bond donors (Lipinski definition) is 0. The molecule has 6 heteroatoms. The van der Waals surface area contributed by atoms with Gasteiger partial charge in [0.1, 0.15) is 6.29 Å². The normalized spacial score (nSPS) is 14.3. The second kappa shape index (κ2) is 6.55. The molecule has 2 aromatic carbocycles. The van der Waals surface area contributed by atoms with Crippen LogP contribution in [0.1, 0.15) is 23.2 Å². The van der Waals surface area contributed by atoms with E-state index in [9.17, 15) is 18.0 Å². The monoisotopic (exact) mass is 336 g/mol. The molecular formula is C18H15F3O3. The number of carbonyl (C=O) groups is 1. The van der Waals surface area contributed by atoms with E-state index in [2.05, 4.69) is 4.74 Å². The minimum absolute atomic E-state index is 0.0659. The van der Waals surface area contributed by atoms with E-state index >= 15 is 0 Å². The molecule has 0 unspecified atom stereocenters. The fourth-order valence-electron chi connectivity index (χ4n) is 2.26. The van der Waals surface area contributed by atoms with E-state index in [0.29, 0.717) is 23.7 Å². The van der Waals surface area contributed by atoms with E-state index in [1.54, 1.807) is 24.3 Å². The average Bonchev–Trinajstić information content (AvgIpc) is 3.37. The van der Waals surface area contributed by atoms with Gasteiger partial charge in [-0.15, -0.1) is 13.2 Å². The maximum atomic E-state index is 12.5. The number of benzene rings is 2. The smallest absolute Gasteiger partial charge is 0.489 e. The van der Waals surface area contributed by atoms with Gasteiger partial charge in [0, 0.05) is 5.56 Å². The van der Waals surface area contributed by atoms with Crippen LogP contribution in [0, 0.1) is 5.92 Å². The summed E-state index contributed by atoms with van der Waals surface area (Å²) in [7, 11) is 0. The molecule has 0 saturated heterocycles. The molecule has 0 aliphatic heterocycles. The minimum Gasteiger partial charge on any atom is -0.489 e. The van der Waals surface area contributed by atoms with E-state index in [1.807, 2.05) is 0 Å². The molecule has 2 aromatic rings. The third kappa shape index (κ3) is 4.28. The van der Waals surface area contributed by atoms with Gasteiger partial charge in [-0.1, -0.05) is 30.3 Å². The fourth-order valence-corrected chi connectivity index (χ4v) is 2.26. The summed E-state index contributed by atoms with van der Waals surface area (Å²) in [5, 5.41) is 0. The number of carbonyl (C=O) groups excluding carboxylic acids is 1. The Bertz CT molecular complexity index is 719. The Morgan fingerprint density at radius 1 is 1.00 bits per heavy atom. The molecule has 1 fully saturated rings. The largest absolute Gasteiger partial charge is 0.573 e. The van der Waals surface area contributed by atoms with Gasteiger partial charge in [0.15, 0.2) is 11.5 Å². The van der Waals surface area contributed by atoms with Gasteiger partial charge in [-0.05, 0) is 42.0 Å². The van der Waals surface area contributed by atoms with Crippen LogP contribution in [-0.4, -0.2) is 19.3 Å². The van der Waals surface area contributed by atoms with Crippen molar-refractivity contribution in [1.82, 2.24) is 0 Å². The highest BCUT2D eigenvalue weighted by Gasteiger charge is 2.33. The molecule has 126 valence electrons. The van der Waals surface area contributed by atoms with Crippen LogP contribution in [-0.2, 0) is 0 Å². The van der Waals surface area contributed by atoms with E-state index in [4.69, 9.17) is 4.74 Å². The molecule has 1 aliphatic carbocycles. The Kier molecular flexibility index (Phi) is 4.46. The summed E-state index contributed by atoms with van der Waals surface area (Å²) in [5.74, 6) is 0.117. The van der Waals surface area contributed by atoms with E-state index in [0.717, 1.165) is 24.7 Å². The van der Waals surface area contributed by atoms with Gasteiger partial charge in [-0.2, -0.15) is 0 Å². The van der Waals surface area contributed by atoms with Crippen LogP contribution in [0.25, 0.3) is 11.1 Å². The number of rotatable bonds is 6. The second-order valence-corrected chi connectivity index (χ2v) is 5.70. The molecule has 1 saturated carbocycles. The maximum absolute atomic E-state index is 12.5. The zero-order chi connectivity index (χ0) is 17.2. The molecule has 3 nitrogen and oxygen atoms in total. The van der Waals surface area contributed by atoms with Crippen molar-refractivity contribution in [2.75, 3.05) is 6.61 Å². The summed E-state index contributed by atoms with van der Waals surface area (Å²) in [6.07, 6.45) is -1.98. The Balaban J connectivity index is 1.88. The van der Waals surface area contributed by atoms with Gasteiger partial charge in [0.05, 0.1) is 6.61 Å². The third-order valence-corrected chi connectivity index (χ3v) is 3.72. The number of aldehydes is 1. The lowest BCUT2D eigenvalue weighted by Gasteiger charge is -2.15. The molecule has 0 aromatic heterocycles. The first kappa shape index (κ1) is 16.4. The van der Waals surface area contributed by atoms with E-state index in [-0.39, 0.29) is 11.5 Å². The number of hydrogen-bond acceptors (Lipinski definition) is 3. The molecule has 0 heterocycles. The lowest BCUT2D eigenvalue weighted by atomic mass is 10.0. The standard InChI is InChI=1S/C18H15F3O3/c19-18(20,21)24-16-8-7-15(9-17(16)23-11-13-1-2-13)14-5-3-12(10-22)4-6-14/h3-10,13H,1-2,11H2. The number of alkyl halides is 3. The van der Waals surface area contributed by atoms with E-state index in [1.165, 1.54) is 18.2 Å². The first-order chi connectivity index (χ1) is 11.4. The highest BCUT2D eigenvalue weighted by Crippen LogP contribution is 2.38. The Labute approximate surface area is 137 Å². The van der Waals surface area contributed by atoms with Crippen molar-refractivity contribution < 1.29 is 27.4 Å². The predicted octanol–water partition coefficient (Wildman–Crippen LogP) is 4.85. The maximum Gasteiger partial charge on any atom is 0.573 e. The first-order valence-electron chi connectivity index (χ1n) is 7.53.